The Morgan fingerprint density at radius 3 is 2.56 bits per heavy atom. The summed E-state index contributed by atoms with van der Waals surface area (Å²) in [6.07, 6.45) is 0. The Balaban J connectivity index is 0.000000771. The van der Waals surface area contributed by atoms with Crippen LogP contribution in [-0.4, -0.2) is 16.9 Å². The van der Waals surface area contributed by atoms with E-state index < -0.39 is 5.67 Å². The van der Waals surface area contributed by atoms with E-state index >= 15 is 0 Å². The van der Waals surface area contributed by atoms with E-state index in [-0.39, 0.29) is 0 Å². The lowest BCUT2D eigenvalue weighted by Crippen LogP contribution is -2.10. The van der Waals surface area contributed by atoms with Gasteiger partial charge in [-0.05, 0) is 19.9 Å². The van der Waals surface area contributed by atoms with Crippen LogP contribution < -0.4 is 0 Å². The molecule has 0 radical (unpaired) electrons. The Labute approximate surface area is 112 Å². The van der Waals surface area contributed by atoms with E-state index in [1.807, 2.05) is 27.0 Å². The van der Waals surface area contributed by atoms with Crippen LogP contribution in [0.1, 0.15) is 38.3 Å². The summed E-state index contributed by atoms with van der Waals surface area (Å²) in [4.78, 5) is 2.09. The monoisotopic (exact) mass is 272 g/mol. The van der Waals surface area contributed by atoms with Gasteiger partial charge < -0.3 is 4.74 Å². The minimum absolute atomic E-state index is 0.503. The molecule has 18 heavy (non-hydrogen) atoms. The summed E-state index contributed by atoms with van der Waals surface area (Å²) in [5.41, 5.74) is -0.908. The molecule has 0 aliphatic carbocycles. The summed E-state index contributed by atoms with van der Waals surface area (Å²) < 4.78 is 20.8. The van der Waals surface area contributed by atoms with Crippen molar-refractivity contribution in [1.29, 1.82) is 0 Å². The van der Waals surface area contributed by atoms with Crippen molar-refractivity contribution in [3.05, 3.63) is 16.6 Å². The number of aromatic nitrogens is 2. The molecule has 2 heterocycles. The van der Waals surface area contributed by atoms with Gasteiger partial charge in [0.25, 0.3) is 0 Å². The molecular weight excluding hydrogens is 251 g/mol. The quantitative estimate of drug-likeness (QED) is 0.844. The second kappa shape index (κ2) is 5.80. The third-order valence-corrected chi connectivity index (χ3v) is 3.59. The molecule has 2 aromatic rings. The zero-order valence-corrected chi connectivity index (χ0v) is 12.7. The molecule has 0 amide bonds. The predicted molar refractivity (Wildman–Crippen MR) is 74.8 cm³/mol. The van der Waals surface area contributed by atoms with Gasteiger partial charge in [-0.2, -0.15) is 5.10 Å². The zero-order valence-electron chi connectivity index (χ0n) is 11.9. The summed E-state index contributed by atoms with van der Waals surface area (Å²) in [6, 6.07) is 1.97. The van der Waals surface area contributed by atoms with Crippen LogP contribution in [0.3, 0.4) is 0 Å². The zero-order chi connectivity index (χ0) is 13.9. The fraction of sp³-hybridized carbons (Fsp3) is 0.615. The standard InChI is InChI=1S/C11H15FN2OS.C2H6/c1-11(2,12)9-8-5-7(6-15-4)16-10(8)14(3)13-9;1-2/h5H,6H2,1-4H3;1-2H3. The van der Waals surface area contributed by atoms with Crippen LogP contribution in [0.15, 0.2) is 6.07 Å². The number of hydrogen-bond donors (Lipinski definition) is 0. The maximum Gasteiger partial charge on any atom is 0.149 e. The van der Waals surface area contributed by atoms with E-state index in [2.05, 4.69) is 5.10 Å². The van der Waals surface area contributed by atoms with E-state index in [0.717, 1.165) is 15.1 Å². The minimum atomic E-state index is -1.41. The number of alkyl halides is 1. The normalized spacial score (nSPS) is 11.5. The molecule has 0 aliphatic heterocycles. The van der Waals surface area contributed by atoms with Crippen LogP contribution in [0.2, 0.25) is 0 Å². The Kier molecular flexibility index (Phi) is 4.87. The van der Waals surface area contributed by atoms with E-state index in [9.17, 15) is 4.39 Å². The highest BCUT2D eigenvalue weighted by molar-refractivity contribution is 7.18. The number of methoxy groups -OCH3 is 1. The second-order valence-corrected chi connectivity index (χ2v) is 5.42. The average molecular weight is 272 g/mol. The van der Waals surface area contributed by atoms with Crippen molar-refractivity contribution in [2.24, 2.45) is 7.05 Å². The van der Waals surface area contributed by atoms with Gasteiger partial charge in [0.2, 0.25) is 0 Å². The van der Waals surface area contributed by atoms with Crippen molar-refractivity contribution in [3.8, 4) is 0 Å². The lowest BCUT2D eigenvalue weighted by Gasteiger charge is -2.10. The fourth-order valence-corrected chi connectivity index (χ4v) is 2.78. The minimum Gasteiger partial charge on any atom is -0.379 e. The van der Waals surface area contributed by atoms with Crippen molar-refractivity contribution in [2.45, 2.75) is 40.0 Å². The van der Waals surface area contributed by atoms with Gasteiger partial charge >= 0.3 is 0 Å². The third-order valence-electron chi connectivity index (χ3n) is 2.41. The van der Waals surface area contributed by atoms with Gasteiger partial charge in [-0.25, -0.2) is 4.39 Å². The van der Waals surface area contributed by atoms with Crippen molar-refractivity contribution < 1.29 is 9.13 Å². The van der Waals surface area contributed by atoms with E-state index in [4.69, 9.17) is 4.74 Å². The number of rotatable bonds is 3. The SMILES string of the molecule is CC.COCc1cc2c(C(C)(C)F)nn(C)c2s1. The lowest BCUT2D eigenvalue weighted by atomic mass is 10.1. The molecular formula is C13H21FN2OS. The van der Waals surface area contributed by atoms with Gasteiger partial charge in [0, 0.05) is 24.4 Å². The largest absolute Gasteiger partial charge is 0.379 e. The van der Waals surface area contributed by atoms with Gasteiger partial charge in [-0.1, -0.05) is 13.8 Å². The number of halogens is 1. The topological polar surface area (TPSA) is 27.1 Å². The molecule has 0 saturated heterocycles. The number of hydrogen-bond acceptors (Lipinski definition) is 3. The van der Waals surface area contributed by atoms with Crippen LogP contribution in [0.25, 0.3) is 10.2 Å². The molecule has 0 bridgehead atoms. The number of thiophene rings is 1. The van der Waals surface area contributed by atoms with Crippen LogP contribution >= 0.6 is 11.3 Å². The Morgan fingerprint density at radius 1 is 1.44 bits per heavy atom. The number of ether oxygens (including phenoxy) is 1. The van der Waals surface area contributed by atoms with Gasteiger partial charge in [0.15, 0.2) is 0 Å². The average Bonchev–Trinajstić information content (AvgIpc) is 2.82. The lowest BCUT2D eigenvalue weighted by molar-refractivity contribution is 0.187. The van der Waals surface area contributed by atoms with Gasteiger partial charge in [0.1, 0.15) is 16.2 Å². The van der Waals surface area contributed by atoms with Crippen LogP contribution in [0.5, 0.6) is 0 Å². The maximum atomic E-state index is 14.0. The molecule has 0 fully saturated rings. The summed E-state index contributed by atoms with van der Waals surface area (Å²) in [5, 5.41) is 5.13. The second-order valence-electron chi connectivity index (χ2n) is 4.31. The molecule has 2 aromatic heterocycles. The number of aryl methyl sites for hydroxylation is 1. The summed E-state index contributed by atoms with van der Waals surface area (Å²) in [7, 11) is 3.49. The summed E-state index contributed by atoms with van der Waals surface area (Å²) in [6.45, 7) is 7.62. The van der Waals surface area contributed by atoms with Crippen molar-refractivity contribution in [3.63, 3.8) is 0 Å². The van der Waals surface area contributed by atoms with Gasteiger partial charge in [-0.15, -0.1) is 11.3 Å². The van der Waals surface area contributed by atoms with E-state index in [1.54, 1.807) is 23.1 Å². The summed E-state index contributed by atoms with van der Waals surface area (Å²) >= 11 is 1.59. The first kappa shape index (κ1) is 15.1. The van der Waals surface area contributed by atoms with Gasteiger partial charge in [-0.3, -0.25) is 4.68 Å². The molecule has 0 atom stereocenters. The van der Waals surface area contributed by atoms with Crippen molar-refractivity contribution in [1.82, 2.24) is 9.78 Å². The highest BCUT2D eigenvalue weighted by Crippen LogP contribution is 2.35. The first-order valence-corrected chi connectivity index (χ1v) is 6.89. The Bertz CT molecular complexity index is 511. The first-order valence-electron chi connectivity index (χ1n) is 6.07. The first-order chi connectivity index (χ1) is 8.43. The van der Waals surface area contributed by atoms with Crippen LogP contribution in [-0.2, 0) is 24.1 Å². The summed E-state index contributed by atoms with van der Waals surface area (Å²) in [5.74, 6) is 0. The highest BCUT2D eigenvalue weighted by atomic mass is 32.1. The molecule has 0 N–H and O–H groups in total. The molecule has 5 heteroatoms. The molecule has 0 aromatic carbocycles. The van der Waals surface area contributed by atoms with Crippen molar-refractivity contribution in [2.75, 3.05) is 7.11 Å². The smallest absolute Gasteiger partial charge is 0.149 e. The van der Waals surface area contributed by atoms with Crippen LogP contribution in [0.4, 0.5) is 4.39 Å². The highest BCUT2D eigenvalue weighted by Gasteiger charge is 2.27. The molecule has 102 valence electrons. The third kappa shape index (κ3) is 2.90. The van der Waals surface area contributed by atoms with Crippen LogP contribution in [0, 0.1) is 0 Å². The predicted octanol–water partition coefficient (Wildman–Crippen LogP) is 4.01. The van der Waals surface area contributed by atoms with E-state index in [1.165, 1.54) is 13.8 Å². The molecule has 2 rings (SSSR count). The number of nitrogens with zero attached hydrogens (tertiary/aromatic N) is 2. The Morgan fingerprint density at radius 2 is 2.06 bits per heavy atom. The van der Waals surface area contributed by atoms with Gasteiger partial charge in [0.05, 0.1) is 6.61 Å². The number of fused-ring (bicyclic) bond motifs is 1. The fourth-order valence-electron chi connectivity index (χ4n) is 1.74. The van der Waals surface area contributed by atoms with E-state index in [0.29, 0.717) is 12.3 Å². The molecule has 0 spiro atoms. The Hall–Kier alpha value is -0.940. The van der Waals surface area contributed by atoms with Crippen molar-refractivity contribution >= 4 is 21.6 Å². The molecule has 3 nitrogen and oxygen atoms in total. The molecule has 0 saturated carbocycles. The molecule has 0 aliphatic rings. The molecule has 0 unspecified atom stereocenters. The maximum absolute atomic E-state index is 14.0.